The van der Waals surface area contributed by atoms with Crippen LogP contribution in [0.2, 0.25) is 0 Å². The summed E-state index contributed by atoms with van der Waals surface area (Å²) in [6, 6.07) is 0.456. The minimum atomic E-state index is 0.0298. The van der Waals surface area contributed by atoms with Gasteiger partial charge in [-0.05, 0) is 26.6 Å². The van der Waals surface area contributed by atoms with Crippen molar-refractivity contribution in [2.45, 2.75) is 32.4 Å². The first-order chi connectivity index (χ1) is 6.58. The van der Waals surface area contributed by atoms with Crippen LogP contribution < -0.4 is 5.73 Å². The SMILES string of the molecule is CCC(C(N)=NO)N(C)C(C)CSC. The zero-order valence-electron chi connectivity index (χ0n) is 9.40. The van der Waals surface area contributed by atoms with Crippen LogP contribution in [0, 0.1) is 0 Å². The van der Waals surface area contributed by atoms with E-state index in [1.54, 1.807) is 11.8 Å². The Morgan fingerprint density at radius 2 is 2.21 bits per heavy atom. The molecule has 0 aromatic heterocycles. The molecule has 0 amide bonds. The van der Waals surface area contributed by atoms with Gasteiger partial charge in [0, 0.05) is 11.8 Å². The third-order valence-electron chi connectivity index (χ3n) is 2.44. The second kappa shape index (κ2) is 6.95. The van der Waals surface area contributed by atoms with Crippen molar-refractivity contribution in [1.29, 1.82) is 0 Å². The fourth-order valence-electron chi connectivity index (χ4n) is 1.44. The highest BCUT2D eigenvalue weighted by molar-refractivity contribution is 7.98. The molecule has 0 rings (SSSR count). The highest BCUT2D eigenvalue weighted by Gasteiger charge is 2.21. The number of hydrogen-bond acceptors (Lipinski definition) is 4. The van der Waals surface area contributed by atoms with E-state index in [4.69, 9.17) is 10.9 Å². The summed E-state index contributed by atoms with van der Waals surface area (Å²) in [5.74, 6) is 1.34. The van der Waals surface area contributed by atoms with Gasteiger partial charge in [-0.15, -0.1) is 0 Å². The molecule has 2 unspecified atom stereocenters. The second-order valence-corrected chi connectivity index (χ2v) is 4.33. The number of oxime groups is 1. The molecule has 0 aromatic carbocycles. The Hall–Kier alpha value is -0.420. The maximum absolute atomic E-state index is 8.63. The lowest BCUT2D eigenvalue weighted by Gasteiger charge is -2.31. The molecule has 0 heterocycles. The Morgan fingerprint density at radius 1 is 1.64 bits per heavy atom. The number of rotatable bonds is 6. The summed E-state index contributed by atoms with van der Waals surface area (Å²) in [5.41, 5.74) is 5.61. The van der Waals surface area contributed by atoms with Crippen LogP contribution in [0.5, 0.6) is 0 Å². The van der Waals surface area contributed by atoms with E-state index >= 15 is 0 Å². The van der Waals surface area contributed by atoms with Gasteiger partial charge in [0.15, 0.2) is 5.84 Å². The monoisotopic (exact) mass is 219 g/mol. The Labute approximate surface area is 90.5 Å². The van der Waals surface area contributed by atoms with Crippen molar-refractivity contribution < 1.29 is 5.21 Å². The molecule has 0 bridgehead atoms. The van der Waals surface area contributed by atoms with Crippen molar-refractivity contribution in [3.05, 3.63) is 0 Å². The first-order valence-corrected chi connectivity index (χ1v) is 6.16. The van der Waals surface area contributed by atoms with Gasteiger partial charge in [0.05, 0.1) is 6.04 Å². The highest BCUT2D eigenvalue weighted by atomic mass is 32.2. The predicted molar refractivity (Wildman–Crippen MR) is 63.1 cm³/mol. The van der Waals surface area contributed by atoms with Crippen molar-refractivity contribution in [1.82, 2.24) is 4.90 Å². The molecule has 0 aliphatic heterocycles. The van der Waals surface area contributed by atoms with Crippen molar-refractivity contribution in [3.63, 3.8) is 0 Å². The summed E-state index contributed by atoms with van der Waals surface area (Å²) >= 11 is 1.80. The Kier molecular flexibility index (Phi) is 6.74. The van der Waals surface area contributed by atoms with Crippen LogP contribution in [0.3, 0.4) is 0 Å². The summed E-state index contributed by atoms with van der Waals surface area (Å²) in [5, 5.41) is 11.7. The Morgan fingerprint density at radius 3 is 2.57 bits per heavy atom. The van der Waals surface area contributed by atoms with E-state index in [1.807, 2.05) is 14.0 Å². The summed E-state index contributed by atoms with van der Waals surface area (Å²) in [7, 11) is 2.01. The third kappa shape index (κ3) is 3.75. The number of amidine groups is 1. The Bertz CT molecular complexity index is 187. The molecule has 2 atom stereocenters. The number of nitrogens with zero attached hydrogens (tertiary/aromatic N) is 2. The van der Waals surface area contributed by atoms with Gasteiger partial charge in [-0.25, -0.2) is 0 Å². The van der Waals surface area contributed by atoms with E-state index in [2.05, 4.69) is 23.2 Å². The van der Waals surface area contributed by atoms with E-state index in [9.17, 15) is 0 Å². The lowest BCUT2D eigenvalue weighted by atomic mass is 10.1. The molecule has 0 fully saturated rings. The molecule has 0 aromatic rings. The fourth-order valence-corrected chi connectivity index (χ4v) is 2.16. The number of nitrogens with two attached hydrogens (primary N) is 1. The van der Waals surface area contributed by atoms with Crippen molar-refractivity contribution in [2.75, 3.05) is 19.1 Å². The van der Waals surface area contributed by atoms with Crippen LogP contribution in [0.4, 0.5) is 0 Å². The Balaban J connectivity index is 4.37. The van der Waals surface area contributed by atoms with Crippen LogP contribution in [0.15, 0.2) is 5.16 Å². The van der Waals surface area contributed by atoms with Crippen LogP contribution >= 0.6 is 11.8 Å². The van der Waals surface area contributed by atoms with Gasteiger partial charge in [0.25, 0.3) is 0 Å². The molecule has 4 nitrogen and oxygen atoms in total. The summed E-state index contributed by atoms with van der Waals surface area (Å²) in [6.07, 6.45) is 2.93. The van der Waals surface area contributed by atoms with Gasteiger partial charge >= 0.3 is 0 Å². The average Bonchev–Trinajstić information content (AvgIpc) is 2.18. The van der Waals surface area contributed by atoms with Crippen molar-refractivity contribution >= 4 is 17.6 Å². The third-order valence-corrected chi connectivity index (χ3v) is 3.25. The molecule has 14 heavy (non-hydrogen) atoms. The summed E-state index contributed by atoms with van der Waals surface area (Å²) in [6.45, 7) is 4.18. The topological polar surface area (TPSA) is 61.9 Å². The molecule has 0 saturated carbocycles. The predicted octanol–water partition coefficient (Wildman–Crippen LogP) is 1.19. The summed E-state index contributed by atoms with van der Waals surface area (Å²) < 4.78 is 0. The van der Waals surface area contributed by atoms with Gasteiger partial charge in [0.2, 0.25) is 0 Å². The smallest absolute Gasteiger partial charge is 0.156 e. The first-order valence-electron chi connectivity index (χ1n) is 4.76. The van der Waals surface area contributed by atoms with E-state index < -0.39 is 0 Å². The van der Waals surface area contributed by atoms with Gasteiger partial charge in [0.1, 0.15) is 0 Å². The maximum atomic E-state index is 8.63. The molecule has 0 saturated heterocycles. The molecule has 84 valence electrons. The van der Waals surface area contributed by atoms with Crippen LogP contribution in [0.1, 0.15) is 20.3 Å². The molecule has 0 spiro atoms. The van der Waals surface area contributed by atoms with Gasteiger partial charge in [-0.3, -0.25) is 4.90 Å². The van der Waals surface area contributed by atoms with E-state index in [1.165, 1.54) is 0 Å². The molecule has 3 N–H and O–H groups in total. The van der Waals surface area contributed by atoms with Crippen LogP contribution in [-0.4, -0.2) is 47.1 Å². The van der Waals surface area contributed by atoms with Crippen molar-refractivity contribution in [2.24, 2.45) is 10.9 Å². The highest BCUT2D eigenvalue weighted by Crippen LogP contribution is 2.10. The van der Waals surface area contributed by atoms with Crippen LogP contribution in [0.25, 0.3) is 0 Å². The summed E-state index contributed by atoms with van der Waals surface area (Å²) in [4.78, 5) is 2.14. The maximum Gasteiger partial charge on any atom is 0.156 e. The molecular formula is C9H21N3OS. The van der Waals surface area contributed by atoms with Gasteiger partial charge in [-0.2, -0.15) is 11.8 Å². The molecule has 0 radical (unpaired) electrons. The zero-order chi connectivity index (χ0) is 11.1. The lowest BCUT2D eigenvalue weighted by molar-refractivity contribution is 0.230. The zero-order valence-corrected chi connectivity index (χ0v) is 10.2. The number of hydrogen-bond donors (Lipinski definition) is 2. The molecular weight excluding hydrogens is 198 g/mol. The molecule has 0 aliphatic carbocycles. The lowest BCUT2D eigenvalue weighted by Crippen LogP contribution is -2.47. The van der Waals surface area contributed by atoms with Gasteiger partial charge in [-0.1, -0.05) is 12.1 Å². The average molecular weight is 219 g/mol. The van der Waals surface area contributed by atoms with Gasteiger partial charge < -0.3 is 10.9 Å². The molecule has 5 heteroatoms. The standard InChI is InChI=1S/C9H21N3OS/c1-5-8(9(10)11-13)12(3)7(2)6-14-4/h7-8,13H,5-6H2,1-4H3,(H2,10,11). The quantitative estimate of drug-likeness (QED) is 0.305. The largest absolute Gasteiger partial charge is 0.409 e. The number of thioether (sulfide) groups is 1. The minimum absolute atomic E-state index is 0.0298. The second-order valence-electron chi connectivity index (χ2n) is 3.42. The van der Waals surface area contributed by atoms with E-state index in [0.717, 1.165) is 12.2 Å². The van der Waals surface area contributed by atoms with E-state index in [-0.39, 0.29) is 6.04 Å². The van der Waals surface area contributed by atoms with Crippen LogP contribution in [-0.2, 0) is 0 Å². The first kappa shape index (κ1) is 13.6. The molecule has 0 aliphatic rings. The minimum Gasteiger partial charge on any atom is -0.409 e. The fraction of sp³-hybridized carbons (Fsp3) is 0.889. The number of likely N-dealkylation sites (N-methyl/N-ethyl adjacent to an activating group) is 1. The van der Waals surface area contributed by atoms with E-state index in [0.29, 0.717) is 11.9 Å². The van der Waals surface area contributed by atoms with Crippen molar-refractivity contribution in [3.8, 4) is 0 Å². The normalized spacial score (nSPS) is 17.1.